The zero-order chi connectivity index (χ0) is 18.3. The van der Waals surface area contributed by atoms with E-state index in [-0.39, 0.29) is 17.9 Å². The van der Waals surface area contributed by atoms with Crippen molar-refractivity contribution in [3.8, 4) is 0 Å². The van der Waals surface area contributed by atoms with E-state index in [1.54, 1.807) is 0 Å². The molecule has 0 saturated heterocycles. The Hall–Kier alpha value is -2.63. The third-order valence-electron chi connectivity index (χ3n) is 5.32. The molecule has 0 bridgehead atoms. The molecule has 0 aliphatic heterocycles. The summed E-state index contributed by atoms with van der Waals surface area (Å²) >= 11 is 0. The lowest BCUT2D eigenvalue weighted by molar-refractivity contribution is 0.0916. The predicted molar refractivity (Wildman–Crippen MR) is 101 cm³/mol. The second kappa shape index (κ2) is 6.59. The quantitative estimate of drug-likeness (QED) is 0.757. The number of benzene rings is 1. The Morgan fingerprint density at radius 3 is 2.77 bits per heavy atom. The highest BCUT2D eigenvalue weighted by Crippen LogP contribution is 2.27. The fourth-order valence-corrected chi connectivity index (χ4v) is 3.85. The van der Waals surface area contributed by atoms with Crippen LogP contribution in [0.1, 0.15) is 60.3 Å². The fourth-order valence-electron chi connectivity index (χ4n) is 3.85. The third kappa shape index (κ3) is 2.79. The molecule has 1 aliphatic rings. The van der Waals surface area contributed by atoms with E-state index in [2.05, 4.69) is 40.0 Å². The molecule has 2 heterocycles. The number of aryl methyl sites for hydroxylation is 2. The molecule has 0 unspecified atom stereocenters. The van der Waals surface area contributed by atoms with Gasteiger partial charge in [0.05, 0.1) is 17.1 Å². The molecular weight excluding hydrogens is 326 g/mol. The van der Waals surface area contributed by atoms with Crippen molar-refractivity contribution in [1.82, 2.24) is 25.1 Å². The van der Waals surface area contributed by atoms with E-state index >= 15 is 0 Å². The standard InChI is InChI=1S/C20H25N5O/c1-12(2)17(19-21-15-10-6-7-11-16(15)25(19)3)22-20(26)18-13-8-4-5-9-14(13)23-24-18/h6-7,10-12,17H,4-5,8-9H2,1-3H3,(H,22,26)(H,23,24)/t17-/m0/s1. The topological polar surface area (TPSA) is 75.6 Å². The number of hydrogen-bond acceptors (Lipinski definition) is 3. The summed E-state index contributed by atoms with van der Waals surface area (Å²) in [6, 6.07) is 7.87. The minimum Gasteiger partial charge on any atom is -0.340 e. The van der Waals surface area contributed by atoms with Crippen molar-refractivity contribution >= 4 is 16.9 Å². The molecule has 1 aliphatic carbocycles. The summed E-state index contributed by atoms with van der Waals surface area (Å²) in [4.78, 5) is 17.7. The van der Waals surface area contributed by atoms with Crippen molar-refractivity contribution in [2.24, 2.45) is 13.0 Å². The molecule has 2 aromatic heterocycles. The Morgan fingerprint density at radius 1 is 1.23 bits per heavy atom. The van der Waals surface area contributed by atoms with Gasteiger partial charge in [0.25, 0.3) is 5.91 Å². The largest absolute Gasteiger partial charge is 0.340 e. The van der Waals surface area contributed by atoms with Crippen LogP contribution in [0.5, 0.6) is 0 Å². The number of aromatic nitrogens is 4. The number of rotatable bonds is 4. The second-order valence-electron chi connectivity index (χ2n) is 7.45. The Kier molecular flexibility index (Phi) is 4.26. The first-order valence-corrected chi connectivity index (χ1v) is 9.34. The minimum absolute atomic E-state index is 0.116. The third-order valence-corrected chi connectivity index (χ3v) is 5.32. The van der Waals surface area contributed by atoms with E-state index in [4.69, 9.17) is 4.98 Å². The van der Waals surface area contributed by atoms with E-state index in [1.807, 2.05) is 25.2 Å². The Labute approximate surface area is 153 Å². The van der Waals surface area contributed by atoms with Crippen LogP contribution >= 0.6 is 0 Å². The van der Waals surface area contributed by atoms with E-state index in [1.165, 1.54) is 0 Å². The molecule has 136 valence electrons. The summed E-state index contributed by atoms with van der Waals surface area (Å²) in [5.41, 5.74) is 4.76. The summed E-state index contributed by atoms with van der Waals surface area (Å²) in [7, 11) is 2.00. The van der Waals surface area contributed by atoms with Gasteiger partial charge in [-0.2, -0.15) is 5.10 Å². The summed E-state index contributed by atoms with van der Waals surface area (Å²) in [6.07, 6.45) is 4.18. The Balaban J connectivity index is 1.66. The molecule has 6 nitrogen and oxygen atoms in total. The molecule has 2 N–H and O–H groups in total. The van der Waals surface area contributed by atoms with Crippen molar-refractivity contribution in [1.29, 1.82) is 0 Å². The van der Waals surface area contributed by atoms with Crippen LogP contribution in [0.2, 0.25) is 0 Å². The Bertz CT molecular complexity index is 952. The normalized spacial score (nSPS) is 15.2. The lowest BCUT2D eigenvalue weighted by Gasteiger charge is -2.22. The van der Waals surface area contributed by atoms with Gasteiger partial charge in [0.2, 0.25) is 0 Å². The maximum absolute atomic E-state index is 13.0. The van der Waals surface area contributed by atoms with E-state index in [9.17, 15) is 4.79 Å². The SMILES string of the molecule is CC(C)[C@H](NC(=O)c1n[nH]c2c1CCCC2)c1nc2ccccc2n1C. The van der Waals surface area contributed by atoms with Crippen molar-refractivity contribution in [3.05, 3.63) is 47.0 Å². The monoisotopic (exact) mass is 351 g/mol. The number of imidazole rings is 1. The highest BCUT2D eigenvalue weighted by molar-refractivity contribution is 5.94. The number of H-pyrrole nitrogens is 1. The number of carbonyl (C=O) groups excluding carboxylic acids is 1. The molecule has 1 atom stereocenters. The first kappa shape index (κ1) is 16.8. The van der Waals surface area contributed by atoms with E-state index in [0.717, 1.165) is 53.8 Å². The smallest absolute Gasteiger partial charge is 0.272 e. The molecule has 26 heavy (non-hydrogen) atoms. The molecule has 0 spiro atoms. The average molecular weight is 351 g/mol. The predicted octanol–water partition coefficient (Wildman–Crippen LogP) is 3.30. The molecule has 0 radical (unpaired) electrons. The lowest BCUT2D eigenvalue weighted by atomic mass is 9.95. The van der Waals surface area contributed by atoms with E-state index < -0.39 is 0 Å². The molecule has 0 saturated carbocycles. The number of amides is 1. The van der Waals surface area contributed by atoms with Crippen molar-refractivity contribution in [3.63, 3.8) is 0 Å². The number of carbonyl (C=O) groups is 1. The molecule has 1 aromatic carbocycles. The maximum atomic E-state index is 13.0. The highest BCUT2D eigenvalue weighted by Gasteiger charge is 2.28. The van der Waals surface area contributed by atoms with Crippen LogP contribution in [0.4, 0.5) is 0 Å². The van der Waals surface area contributed by atoms with Crippen LogP contribution in [0, 0.1) is 5.92 Å². The van der Waals surface area contributed by atoms with Crippen molar-refractivity contribution < 1.29 is 4.79 Å². The summed E-state index contributed by atoms with van der Waals surface area (Å²) in [5, 5.41) is 10.5. The van der Waals surface area contributed by atoms with Gasteiger partial charge >= 0.3 is 0 Å². The van der Waals surface area contributed by atoms with Gasteiger partial charge in [0.1, 0.15) is 5.82 Å². The van der Waals surface area contributed by atoms with Crippen LogP contribution in [0.25, 0.3) is 11.0 Å². The van der Waals surface area contributed by atoms with Gasteiger partial charge in [-0.15, -0.1) is 0 Å². The number of aromatic amines is 1. The summed E-state index contributed by atoms with van der Waals surface area (Å²) in [6.45, 7) is 4.20. The molecule has 4 rings (SSSR count). The highest BCUT2D eigenvalue weighted by atomic mass is 16.2. The van der Waals surface area contributed by atoms with Gasteiger partial charge in [-0.3, -0.25) is 9.89 Å². The molecule has 0 fully saturated rings. The Morgan fingerprint density at radius 2 is 2.00 bits per heavy atom. The maximum Gasteiger partial charge on any atom is 0.272 e. The number of para-hydroxylation sites is 2. The van der Waals surface area contributed by atoms with Crippen LogP contribution in [0.15, 0.2) is 24.3 Å². The zero-order valence-corrected chi connectivity index (χ0v) is 15.5. The average Bonchev–Trinajstić information content (AvgIpc) is 3.21. The van der Waals surface area contributed by atoms with Gasteiger partial charge in [0.15, 0.2) is 5.69 Å². The van der Waals surface area contributed by atoms with Gasteiger partial charge in [-0.1, -0.05) is 26.0 Å². The van der Waals surface area contributed by atoms with Gasteiger partial charge in [-0.05, 0) is 43.7 Å². The fraction of sp³-hybridized carbons (Fsp3) is 0.450. The van der Waals surface area contributed by atoms with Gasteiger partial charge in [0, 0.05) is 18.3 Å². The summed E-state index contributed by atoms with van der Waals surface area (Å²) < 4.78 is 2.07. The van der Waals surface area contributed by atoms with Crippen molar-refractivity contribution in [2.45, 2.75) is 45.6 Å². The van der Waals surface area contributed by atoms with Crippen molar-refractivity contribution in [2.75, 3.05) is 0 Å². The first-order chi connectivity index (χ1) is 12.6. The van der Waals surface area contributed by atoms with E-state index in [0.29, 0.717) is 5.69 Å². The number of nitrogens with zero attached hydrogens (tertiary/aromatic N) is 3. The lowest BCUT2D eigenvalue weighted by Crippen LogP contribution is -2.34. The first-order valence-electron chi connectivity index (χ1n) is 9.34. The molecule has 1 amide bonds. The molecule has 6 heteroatoms. The molecule has 3 aromatic rings. The molecular formula is C20H25N5O. The van der Waals surface area contributed by atoms with Crippen LogP contribution in [-0.2, 0) is 19.9 Å². The van der Waals surface area contributed by atoms with Gasteiger partial charge in [-0.25, -0.2) is 4.98 Å². The van der Waals surface area contributed by atoms with Crippen LogP contribution < -0.4 is 5.32 Å². The number of nitrogens with one attached hydrogen (secondary N) is 2. The van der Waals surface area contributed by atoms with Gasteiger partial charge < -0.3 is 9.88 Å². The zero-order valence-electron chi connectivity index (χ0n) is 15.5. The summed E-state index contributed by atoms with van der Waals surface area (Å²) in [5.74, 6) is 0.971. The minimum atomic E-state index is -0.171. The number of hydrogen-bond donors (Lipinski definition) is 2. The number of fused-ring (bicyclic) bond motifs is 2. The van der Waals surface area contributed by atoms with Crippen LogP contribution in [-0.4, -0.2) is 25.7 Å². The second-order valence-corrected chi connectivity index (χ2v) is 7.45. The van der Waals surface area contributed by atoms with Crippen LogP contribution in [0.3, 0.4) is 0 Å².